The molecule has 0 saturated carbocycles. The van der Waals surface area contributed by atoms with Gasteiger partial charge in [-0.2, -0.15) is 0 Å². The van der Waals surface area contributed by atoms with Crippen LogP contribution in [0.3, 0.4) is 0 Å². The van der Waals surface area contributed by atoms with E-state index in [1.807, 2.05) is 51.1 Å². The summed E-state index contributed by atoms with van der Waals surface area (Å²) in [6.45, 7) is 11.6. The predicted molar refractivity (Wildman–Crippen MR) is 134 cm³/mol. The van der Waals surface area contributed by atoms with Crippen molar-refractivity contribution in [3.05, 3.63) is 56.7 Å². The molecule has 0 atom stereocenters. The molecule has 3 N–H and O–H groups in total. The van der Waals surface area contributed by atoms with Crippen LogP contribution in [0, 0.1) is 5.92 Å². The second-order valence-electron chi connectivity index (χ2n) is 9.20. The summed E-state index contributed by atoms with van der Waals surface area (Å²) in [5.74, 6) is 0.398. The first-order valence-corrected chi connectivity index (χ1v) is 11.9. The van der Waals surface area contributed by atoms with E-state index >= 15 is 0 Å². The minimum Gasteiger partial charge on any atom is -0.383 e. The second kappa shape index (κ2) is 12.3. The molecular weight excluding hydrogens is 418 g/mol. The Morgan fingerprint density at radius 3 is 2.36 bits per heavy atom. The molecule has 1 amide bonds. The molecule has 1 aromatic heterocycles. The van der Waals surface area contributed by atoms with E-state index in [1.54, 1.807) is 9.80 Å². The zero-order valence-electron chi connectivity index (χ0n) is 20.6. The van der Waals surface area contributed by atoms with Gasteiger partial charge in [-0.15, -0.1) is 0 Å². The third kappa shape index (κ3) is 7.23. The fraction of sp³-hybridized carbons (Fsp3) is 0.560. The van der Waals surface area contributed by atoms with Gasteiger partial charge in [-0.25, -0.2) is 4.79 Å². The lowest BCUT2D eigenvalue weighted by Gasteiger charge is -2.32. The lowest BCUT2D eigenvalue weighted by Crippen LogP contribution is -2.46. The van der Waals surface area contributed by atoms with E-state index in [9.17, 15) is 14.4 Å². The number of amides is 1. The quantitative estimate of drug-likeness (QED) is 0.509. The Balaban J connectivity index is 2.40. The number of nitrogens with two attached hydrogens (primary N) is 1. The number of carbonyl (C=O) groups excluding carboxylic acids is 1. The number of H-pyrrole nitrogens is 1. The Morgan fingerprint density at radius 2 is 1.79 bits per heavy atom. The maximum absolute atomic E-state index is 13.4. The van der Waals surface area contributed by atoms with Gasteiger partial charge in [0, 0.05) is 25.7 Å². The highest BCUT2D eigenvalue weighted by molar-refractivity contribution is 5.83. The summed E-state index contributed by atoms with van der Waals surface area (Å²) in [6, 6.07) is 9.82. The topological polar surface area (TPSA) is 104 Å². The van der Waals surface area contributed by atoms with Crippen LogP contribution >= 0.6 is 0 Å². The van der Waals surface area contributed by atoms with Crippen molar-refractivity contribution in [2.45, 2.75) is 73.0 Å². The smallest absolute Gasteiger partial charge is 0.330 e. The van der Waals surface area contributed by atoms with Crippen molar-refractivity contribution < 1.29 is 4.79 Å². The highest BCUT2D eigenvalue weighted by Crippen LogP contribution is 2.20. The lowest BCUT2D eigenvalue weighted by molar-refractivity contribution is -0.132. The summed E-state index contributed by atoms with van der Waals surface area (Å²) in [6.07, 6.45) is 2.43. The SMILES string of the molecule is CCCCn1c(N)c(N(CCC(C)C)CC(=O)N(Cc2ccccc2)C(C)C)c(=O)[nH]c1=O. The molecule has 1 heterocycles. The van der Waals surface area contributed by atoms with Gasteiger partial charge >= 0.3 is 5.69 Å². The zero-order valence-corrected chi connectivity index (χ0v) is 20.6. The summed E-state index contributed by atoms with van der Waals surface area (Å²) < 4.78 is 1.40. The molecule has 0 unspecified atom stereocenters. The van der Waals surface area contributed by atoms with Gasteiger partial charge in [0.05, 0.1) is 6.54 Å². The average molecular weight is 458 g/mol. The number of rotatable bonds is 12. The van der Waals surface area contributed by atoms with Crippen LogP contribution in [0.1, 0.15) is 59.4 Å². The van der Waals surface area contributed by atoms with Gasteiger partial charge in [-0.05, 0) is 38.2 Å². The van der Waals surface area contributed by atoms with Crippen molar-refractivity contribution in [2.75, 3.05) is 23.7 Å². The van der Waals surface area contributed by atoms with Crippen LogP contribution in [-0.4, -0.2) is 39.5 Å². The van der Waals surface area contributed by atoms with Crippen molar-refractivity contribution in [2.24, 2.45) is 5.92 Å². The second-order valence-corrected chi connectivity index (χ2v) is 9.20. The summed E-state index contributed by atoms with van der Waals surface area (Å²) in [5.41, 5.74) is 6.51. The van der Waals surface area contributed by atoms with Gasteiger partial charge < -0.3 is 15.5 Å². The standard InChI is InChI=1S/C25H39N5O3/c1-6-7-14-29-23(26)22(24(32)27-25(29)33)28(15-13-18(2)3)17-21(31)30(19(4)5)16-20-11-9-8-10-12-20/h8-12,18-19H,6-7,13-17,26H2,1-5H3,(H,27,32,33). The predicted octanol–water partition coefficient (Wildman–Crippen LogP) is 3.21. The molecule has 0 aliphatic carbocycles. The number of carbonyl (C=O) groups is 1. The number of nitrogens with zero attached hydrogens (tertiary/aromatic N) is 3. The fourth-order valence-electron chi connectivity index (χ4n) is 3.70. The number of aromatic amines is 1. The Labute approximate surface area is 196 Å². The van der Waals surface area contributed by atoms with Crippen molar-refractivity contribution in [1.29, 1.82) is 0 Å². The largest absolute Gasteiger partial charge is 0.383 e. The Hall–Kier alpha value is -3.03. The highest BCUT2D eigenvalue weighted by Gasteiger charge is 2.25. The maximum atomic E-state index is 13.4. The Bertz CT molecular complexity index is 1010. The van der Waals surface area contributed by atoms with Crippen molar-refractivity contribution >= 4 is 17.4 Å². The van der Waals surface area contributed by atoms with Crippen LogP contribution < -0.4 is 21.9 Å². The molecule has 33 heavy (non-hydrogen) atoms. The number of hydrogen-bond donors (Lipinski definition) is 2. The van der Waals surface area contributed by atoms with E-state index < -0.39 is 11.2 Å². The highest BCUT2D eigenvalue weighted by atomic mass is 16.2. The molecule has 8 nitrogen and oxygen atoms in total. The van der Waals surface area contributed by atoms with Crippen LogP contribution in [-0.2, 0) is 17.9 Å². The molecule has 0 saturated heterocycles. The monoisotopic (exact) mass is 457 g/mol. The average Bonchev–Trinajstić information content (AvgIpc) is 2.75. The van der Waals surface area contributed by atoms with Crippen molar-refractivity contribution in [3.63, 3.8) is 0 Å². The fourth-order valence-corrected chi connectivity index (χ4v) is 3.70. The molecule has 1 aromatic carbocycles. The zero-order chi connectivity index (χ0) is 24.5. The summed E-state index contributed by atoms with van der Waals surface area (Å²) >= 11 is 0. The molecule has 0 spiro atoms. The summed E-state index contributed by atoms with van der Waals surface area (Å²) in [4.78, 5) is 44.6. The van der Waals surface area contributed by atoms with E-state index in [0.717, 1.165) is 24.8 Å². The Morgan fingerprint density at radius 1 is 1.12 bits per heavy atom. The molecule has 0 aliphatic heterocycles. The van der Waals surface area contributed by atoms with Crippen molar-refractivity contribution in [3.8, 4) is 0 Å². The van der Waals surface area contributed by atoms with Gasteiger partial charge in [0.15, 0.2) is 0 Å². The van der Waals surface area contributed by atoms with E-state index in [4.69, 9.17) is 5.73 Å². The molecule has 0 aliphatic rings. The maximum Gasteiger partial charge on any atom is 0.330 e. The van der Waals surface area contributed by atoms with Gasteiger partial charge in [-0.3, -0.25) is 19.1 Å². The molecule has 8 heteroatoms. The minimum absolute atomic E-state index is 0.0109. The number of anilines is 2. The molecular formula is C25H39N5O3. The van der Waals surface area contributed by atoms with Crippen LogP contribution in [0.25, 0.3) is 0 Å². The molecule has 0 bridgehead atoms. The first-order valence-electron chi connectivity index (χ1n) is 11.9. The number of aromatic nitrogens is 2. The normalized spacial score (nSPS) is 11.2. The number of benzene rings is 1. The van der Waals surface area contributed by atoms with E-state index in [0.29, 0.717) is 25.6 Å². The lowest BCUT2D eigenvalue weighted by atomic mass is 10.1. The minimum atomic E-state index is -0.555. The molecule has 0 radical (unpaired) electrons. The number of hydrogen-bond acceptors (Lipinski definition) is 5. The molecule has 2 rings (SSSR count). The third-order valence-electron chi connectivity index (χ3n) is 5.71. The Kier molecular flexibility index (Phi) is 9.75. The van der Waals surface area contributed by atoms with Crippen LogP contribution in [0.5, 0.6) is 0 Å². The van der Waals surface area contributed by atoms with E-state index in [2.05, 4.69) is 18.8 Å². The number of nitrogen functional groups attached to an aromatic ring is 1. The summed E-state index contributed by atoms with van der Waals surface area (Å²) in [7, 11) is 0. The van der Waals surface area contributed by atoms with Crippen LogP contribution in [0.2, 0.25) is 0 Å². The van der Waals surface area contributed by atoms with E-state index in [1.165, 1.54) is 4.57 Å². The summed E-state index contributed by atoms with van der Waals surface area (Å²) in [5, 5.41) is 0. The first-order chi connectivity index (χ1) is 15.6. The molecule has 182 valence electrons. The van der Waals surface area contributed by atoms with Gasteiger partial charge in [0.2, 0.25) is 5.91 Å². The van der Waals surface area contributed by atoms with Gasteiger partial charge in [0.25, 0.3) is 5.56 Å². The van der Waals surface area contributed by atoms with Gasteiger partial charge in [-0.1, -0.05) is 57.5 Å². The first kappa shape index (κ1) is 26.2. The molecule has 2 aromatic rings. The number of nitrogens with one attached hydrogen (secondary N) is 1. The van der Waals surface area contributed by atoms with Gasteiger partial charge in [0.1, 0.15) is 11.5 Å². The number of unbranched alkanes of at least 4 members (excludes halogenated alkanes) is 1. The van der Waals surface area contributed by atoms with E-state index in [-0.39, 0.29) is 30.0 Å². The third-order valence-corrected chi connectivity index (χ3v) is 5.71. The molecule has 0 fully saturated rings. The van der Waals surface area contributed by atoms with Crippen LogP contribution in [0.4, 0.5) is 11.5 Å². The van der Waals surface area contributed by atoms with Crippen molar-refractivity contribution in [1.82, 2.24) is 14.5 Å². The van der Waals surface area contributed by atoms with Crippen LogP contribution in [0.15, 0.2) is 39.9 Å².